The molecule has 28 heavy (non-hydrogen) atoms. The van der Waals surface area contributed by atoms with E-state index in [-0.39, 0.29) is 5.91 Å². The first-order chi connectivity index (χ1) is 13.6. The summed E-state index contributed by atoms with van der Waals surface area (Å²) in [6, 6.07) is 14.2. The summed E-state index contributed by atoms with van der Waals surface area (Å²) in [5.41, 5.74) is 2.34. The van der Waals surface area contributed by atoms with Crippen LogP contribution in [-0.2, 0) is 11.3 Å². The molecule has 0 aliphatic carbocycles. The van der Waals surface area contributed by atoms with Crippen LogP contribution in [0.2, 0.25) is 0 Å². The number of benzene rings is 2. The van der Waals surface area contributed by atoms with E-state index in [2.05, 4.69) is 36.1 Å². The van der Waals surface area contributed by atoms with E-state index in [1.165, 1.54) is 5.56 Å². The quantitative estimate of drug-likeness (QED) is 0.666. The molecule has 2 aromatic carbocycles. The maximum atomic E-state index is 12.5. The second-order valence-electron chi connectivity index (χ2n) is 6.94. The van der Waals surface area contributed by atoms with Gasteiger partial charge in [-0.2, -0.15) is 0 Å². The zero-order valence-corrected chi connectivity index (χ0v) is 17.6. The number of rotatable bonds is 7. The van der Waals surface area contributed by atoms with Crippen molar-refractivity contribution in [3.05, 3.63) is 53.6 Å². The van der Waals surface area contributed by atoms with Crippen LogP contribution in [0, 0.1) is 6.92 Å². The minimum absolute atomic E-state index is 0.212. The van der Waals surface area contributed by atoms with E-state index in [0.29, 0.717) is 5.75 Å². The van der Waals surface area contributed by atoms with Gasteiger partial charge in [-0.3, -0.25) is 9.69 Å². The summed E-state index contributed by atoms with van der Waals surface area (Å²) in [6.07, 6.45) is 0. The lowest BCUT2D eigenvalue weighted by Crippen LogP contribution is -2.48. The van der Waals surface area contributed by atoms with Gasteiger partial charge in [0.05, 0.1) is 20.0 Å². The van der Waals surface area contributed by atoms with Crippen LogP contribution >= 0.6 is 11.8 Å². The van der Waals surface area contributed by atoms with Crippen LogP contribution in [0.4, 0.5) is 0 Å². The topological polar surface area (TPSA) is 42.0 Å². The zero-order valence-electron chi connectivity index (χ0n) is 16.8. The van der Waals surface area contributed by atoms with Gasteiger partial charge >= 0.3 is 0 Å². The molecule has 3 rings (SSSR count). The Morgan fingerprint density at radius 2 is 1.71 bits per heavy atom. The molecule has 1 amide bonds. The van der Waals surface area contributed by atoms with Gasteiger partial charge in [0.25, 0.3) is 0 Å². The molecule has 0 aromatic heterocycles. The molecule has 1 saturated heterocycles. The second-order valence-corrected chi connectivity index (χ2v) is 7.99. The summed E-state index contributed by atoms with van der Waals surface area (Å²) in [4.78, 5) is 18.0. The summed E-state index contributed by atoms with van der Waals surface area (Å²) in [6.45, 7) is 6.11. The van der Waals surface area contributed by atoms with Crippen LogP contribution < -0.4 is 9.47 Å². The van der Waals surface area contributed by atoms with E-state index < -0.39 is 0 Å². The minimum atomic E-state index is 0.212. The van der Waals surface area contributed by atoms with Gasteiger partial charge in [-0.15, -0.1) is 11.8 Å². The molecule has 0 spiro atoms. The molecule has 0 saturated carbocycles. The van der Waals surface area contributed by atoms with Gasteiger partial charge in [0, 0.05) is 43.2 Å². The summed E-state index contributed by atoms with van der Waals surface area (Å²) >= 11 is 1.61. The Bertz CT molecular complexity index is 787. The van der Waals surface area contributed by atoms with Crippen LogP contribution in [0.5, 0.6) is 11.5 Å². The number of amides is 1. The molecule has 1 heterocycles. The number of hydrogen-bond donors (Lipinski definition) is 0. The number of nitrogens with zero attached hydrogens (tertiary/aromatic N) is 2. The number of carbonyl (C=O) groups is 1. The monoisotopic (exact) mass is 400 g/mol. The molecule has 1 aliphatic heterocycles. The first-order valence-electron chi connectivity index (χ1n) is 9.49. The van der Waals surface area contributed by atoms with Crippen LogP contribution in [0.1, 0.15) is 11.1 Å². The third-order valence-corrected chi connectivity index (χ3v) is 5.99. The van der Waals surface area contributed by atoms with Gasteiger partial charge in [-0.25, -0.2) is 0 Å². The fourth-order valence-corrected chi connectivity index (χ4v) is 4.07. The van der Waals surface area contributed by atoms with Gasteiger partial charge in [-0.05, 0) is 37.3 Å². The Kier molecular flexibility index (Phi) is 7.23. The highest BCUT2D eigenvalue weighted by Crippen LogP contribution is 2.26. The van der Waals surface area contributed by atoms with Gasteiger partial charge in [-0.1, -0.05) is 17.7 Å². The maximum Gasteiger partial charge on any atom is 0.233 e. The van der Waals surface area contributed by atoms with Gasteiger partial charge in [0.2, 0.25) is 5.91 Å². The summed E-state index contributed by atoms with van der Waals surface area (Å²) in [7, 11) is 3.36. The summed E-state index contributed by atoms with van der Waals surface area (Å²) in [5, 5.41) is 0. The lowest BCUT2D eigenvalue weighted by molar-refractivity contribution is -0.130. The van der Waals surface area contributed by atoms with Crippen molar-refractivity contribution < 1.29 is 14.3 Å². The van der Waals surface area contributed by atoms with Crippen LogP contribution in [0.15, 0.2) is 47.4 Å². The highest BCUT2D eigenvalue weighted by molar-refractivity contribution is 8.00. The third kappa shape index (κ3) is 5.42. The highest BCUT2D eigenvalue weighted by atomic mass is 32.2. The Hall–Kier alpha value is -2.18. The Balaban J connectivity index is 1.49. The van der Waals surface area contributed by atoms with Crippen molar-refractivity contribution in [3.8, 4) is 11.5 Å². The first-order valence-corrected chi connectivity index (χ1v) is 10.5. The number of hydrogen-bond acceptors (Lipinski definition) is 5. The van der Waals surface area contributed by atoms with Crippen molar-refractivity contribution in [2.45, 2.75) is 18.4 Å². The molecule has 0 radical (unpaired) electrons. The fraction of sp³-hybridized carbons (Fsp3) is 0.409. The van der Waals surface area contributed by atoms with Crippen LogP contribution in [0.25, 0.3) is 0 Å². The maximum absolute atomic E-state index is 12.5. The highest BCUT2D eigenvalue weighted by Gasteiger charge is 2.22. The summed E-state index contributed by atoms with van der Waals surface area (Å²) in [5.74, 6) is 2.41. The van der Waals surface area contributed by atoms with Crippen molar-refractivity contribution in [2.75, 3.05) is 46.2 Å². The van der Waals surface area contributed by atoms with E-state index >= 15 is 0 Å². The molecule has 0 unspecified atom stereocenters. The Morgan fingerprint density at radius 1 is 1.00 bits per heavy atom. The second kappa shape index (κ2) is 9.85. The molecular formula is C22H28N2O3S. The van der Waals surface area contributed by atoms with Crippen LogP contribution in [0.3, 0.4) is 0 Å². The number of methoxy groups -OCH3 is 2. The average Bonchev–Trinajstić information content (AvgIpc) is 2.73. The number of thioether (sulfide) groups is 1. The van der Waals surface area contributed by atoms with Crippen LogP contribution in [-0.4, -0.2) is 61.9 Å². The lowest BCUT2D eigenvalue weighted by atomic mass is 10.1. The fourth-order valence-electron chi connectivity index (χ4n) is 3.27. The molecule has 150 valence electrons. The zero-order chi connectivity index (χ0) is 19.9. The van der Waals surface area contributed by atoms with Crippen molar-refractivity contribution in [3.63, 3.8) is 0 Å². The van der Waals surface area contributed by atoms with E-state index in [0.717, 1.165) is 54.7 Å². The normalized spacial score (nSPS) is 14.8. The number of ether oxygens (including phenoxy) is 2. The van der Waals surface area contributed by atoms with E-state index in [1.54, 1.807) is 26.0 Å². The van der Waals surface area contributed by atoms with Gasteiger partial charge in [0.1, 0.15) is 11.5 Å². The van der Waals surface area contributed by atoms with Crippen molar-refractivity contribution in [2.24, 2.45) is 0 Å². The molecule has 0 N–H and O–H groups in total. The number of aryl methyl sites for hydroxylation is 1. The first kappa shape index (κ1) is 20.6. The molecule has 1 fully saturated rings. The van der Waals surface area contributed by atoms with Crippen molar-refractivity contribution in [1.29, 1.82) is 0 Å². The molecule has 6 heteroatoms. The predicted octanol–water partition coefficient (Wildman–Crippen LogP) is 3.45. The lowest BCUT2D eigenvalue weighted by Gasteiger charge is -2.35. The SMILES string of the molecule is COc1ccc(OC)c(CN2CCN(C(=O)CSc3ccc(C)cc3)CC2)c1. The predicted molar refractivity (Wildman–Crippen MR) is 113 cm³/mol. The van der Waals surface area contributed by atoms with E-state index in [1.807, 2.05) is 23.1 Å². The molecule has 1 aliphatic rings. The summed E-state index contributed by atoms with van der Waals surface area (Å²) < 4.78 is 10.8. The molecular weight excluding hydrogens is 372 g/mol. The number of piperazine rings is 1. The Morgan fingerprint density at radius 3 is 2.36 bits per heavy atom. The molecule has 5 nitrogen and oxygen atoms in total. The van der Waals surface area contributed by atoms with Crippen molar-refractivity contribution in [1.82, 2.24) is 9.80 Å². The van der Waals surface area contributed by atoms with Gasteiger partial charge in [0.15, 0.2) is 0 Å². The van der Waals surface area contributed by atoms with Crippen molar-refractivity contribution >= 4 is 17.7 Å². The Labute approximate surface area is 171 Å². The number of carbonyl (C=O) groups excluding carboxylic acids is 1. The van der Waals surface area contributed by atoms with E-state index in [9.17, 15) is 4.79 Å². The molecule has 0 atom stereocenters. The smallest absolute Gasteiger partial charge is 0.233 e. The average molecular weight is 401 g/mol. The largest absolute Gasteiger partial charge is 0.497 e. The minimum Gasteiger partial charge on any atom is -0.497 e. The van der Waals surface area contributed by atoms with Gasteiger partial charge < -0.3 is 14.4 Å². The standard InChI is InChI=1S/C22H28N2O3S/c1-17-4-7-20(8-5-17)28-16-22(25)24-12-10-23(11-13-24)15-18-14-19(26-2)6-9-21(18)27-3/h4-9,14H,10-13,15-16H2,1-3H3. The third-order valence-electron chi connectivity index (χ3n) is 4.99. The van der Waals surface area contributed by atoms with E-state index in [4.69, 9.17) is 9.47 Å². The molecule has 2 aromatic rings. The molecule has 0 bridgehead atoms.